The van der Waals surface area contributed by atoms with Crippen LogP contribution in [0.25, 0.3) is 22.8 Å². The Kier molecular flexibility index (Phi) is 4.04. The lowest BCUT2D eigenvalue weighted by Gasteiger charge is -2.06. The standard InChI is InChI=1S/C21H17N3S/c1-16-12-14-19(15-13-16)24-21(25)23(18-10-6-3-7-11-18)20(22-24)17-8-4-2-5-9-17/h2-15H,1H3. The summed E-state index contributed by atoms with van der Waals surface area (Å²) < 4.78 is 4.49. The van der Waals surface area contributed by atoms with Crippen molar-refractivity contribution in [1.82, 2.24) is 14.3 Å². The van der Waals surface area contributed by atoms with Crippen LogP contribution in [0.1, 0.15) is 5.56 Å². The number of hydrogen-bond acceptors (Lipinski definition) is 2. The van der Waals surface area contributed by atoms with Crippen molar-refractivity contribution in [2.45, 2.75) is 6.92 Å². The fraction of sp³-hybridized carbons (Fsp3) is 0.0476. The number of hydrogen-bond donors (Lipinski definition) is 0. The van der Waals surface area contributed by atoms with Crippen LogP contribution in [0.5, 0.6) is 0 Å². The van der Waals surface area contributed by atoms with Crippen LogP contribution in [0.15, 0.2) is 84.9 Å². The van der Waals surface area contributed by atoms with E-state index in [4.69, 9.17) is 17.3 Å². The average Bonchev–Trinajstić information content (AvgIpc) is 3.01. The molecule has 1 aromatic heterocycles. The van der Waals surface area contributed by atoms with Crippen molar-refractivity contribution in [3.63, 3.8) is 0 Å². The minimum atomic E-state index is 0.647. The predicted molar refractivity (Wildman–Crippen MR) is 104 cm³/mol. The summed E-state index contributed by atoms with van der Waals surface area (Å²) in [5, 5.41) is 4.83. The largest absolute Gasteiger partial charge is 0.268 e. The summed E-state index contributed by atoms with van der Waals surface area (Å²) in [5.41, 5.74) is 4.21. The maximum Gasteiger partial charge on any atom is 0.207 e. The van der Waals surface area contributed by atoms with Gasteiger partial charge in [0, 0.05) is 11.3 Å². The Bertz CT molecular complexity index is 1050. The number of aryl methyl sites for hydroxylation is 1. The van der Waals surface area contributed by atoms with E-state index in [0.29, 0.717) is 4.77 Å². The number of aromatic nitrogens is 3. The summed E-state index contributed by atoms with van der Waals surface area (Å²) in [6, 6.07) is 28.5. The highest BCUT2D eigenvalue weighted by atomic mass is 32.1. The SMILES string of the molecule is Cc1ccc(-n2nc(-c3ccccc3)n(-c3ccccc3)c2=S)cc1. The van der Waals surface area contributed by atoms with Crippen molar-refractivity contribution in [2.24, 2.45) is 0 Å². The summed E-state index contributed by atoms with van der Waals surface area (Å²) in [6.07, 6.45) is 0. The first-order valence-electron chi connectivity index (χ1n) is 8.14. The van der Waals surface area contributed by atoms with E-state index in [0.717, 1.165) is 22.8 Å². The van der Waals surface area contributed by atoms with Crippen LogP contribution >= 0.6 is 12.2 Å². The molecular formula is C21H17N3S. The van der Waals surface area contributed by atoms with Gasteiger partial charge in [0.05, 0.1) is 5.69 Å². The summed E-state index contributed by atoms with van der Waals surface area (Å²) in [5.74, 6) is 0.831. The molecule has 0 fully saturated rings. The Labute approximate surface area is 151 Å². The number of benzene rings is 3. The van der Waals surface area contributed by atoms with E-state index in [1.807, 2.05) is 69.9 Å². The van der Waals surface area contributed by atoms with Crippen molar-refractivity contribution in [3.8, 4) is 22.8 Å². The Balaban J connectivity index is 1.98. The summed E-state index contributed by atoms with van der Waals surface area (Å²) >= 11 is 5.77. The molecule has 0 atom stereocenters. The van der Waals surface area contributed by atoms with Gasteiger partial charge < -0.3 is 0 Å². The van der Waals surface area contributed by atoms with Gasteiger partial charge in [-0.25, -0.2) is 4.68 Å². The molecule has 3 nitrogen and oxygen atoms in total. The molecule has 0 unspecified atom stereocenters. The van der Waals surface area contributed by atoms with E-state index < -0.39 is 0 Å². The second-order valence-corrected chi connectivity index (χ2v) is 6.26. The first kappa shape index (κ1) is 15.5. The summed E-state index contributed by atoms with van der Waals surface area (Å²) in [4.78, 5) is 0. The summed E-state index contributed by atoms with van der Waals surface area (Å²) in [7, 11) is 0. The lowest BCUT2D eigenvalue weighted by Crippen LogP contribution is -1.99. The van der Waals surface area contributed by atoms with E-state index >= 15 is 0 Å². The van der Waals surface area contributed by atoms with E-state index in [-0.39, 0.29) is 0 Å². The highest BCUT2D eigenvalue weighted by molar-refractivity contribution is 7.71. The molecule has 0 amide bonds. The molecule has 0 saturated carbocycles. The van der Waals surface area contributed by atoms with Gasteiger partial charge in [0.15, 0.2) is 5.82 Å². The van der Waals surface area contributed by atoms with E-state index in [1.165, 1.54) is 5.56 Å². The molecule has 25 heavy (non-hydrogen) atoms. The Morgan fingerprint density at radius 1 is 0.720 bits per heavy atom. The van der Waals surface area contributed by atoms with Gasteiger partial charge in [-0.05, 0) is 43.4 Å². The number of para-hydroxylation sites is 1. The quantitative estimate of drug-likeness (QED) is 0.467. The minimum absolute atomic E-state index is 0.647. The second kappa shape index (κ2) is 6.49. The van der Waals surface area contributed by atoms with Crippen LogP contribution in [0, 0.1) is 11.7 Å². The molecule has 1 heterocycles. The third kappa shape index (κ3) is 2.92. The third-order valence-electron chi connectivity index (χ3n) is 4.10. The van der Waals surface area contributed by atoms with Gasteiger partial charge in [-0.3, -0.25) is 4.57 Å². The molecule has 0 spiro atoms. The lowest BCUT2D eigenvalue weighted by atomic mass is 10.2. The Morgan fingerprint density at radius 3 is 1.96 bits per heavy atom. The van der Waals surface area contributed by atoms with E-state index in [2.05, 4.69) is 31.2 Å². The van der Waals surface area contributed by atoms with Crippen LogP contribution in [-0.2, 0) is 0 Å². The zero-order chi connectivity index (χ0) is 17.2. The van der Waals surface area contributed by atoms with Crippen LogP contribution in [-0.4, -0.2) is 14.3 Å². The Hall–Kier alpha value is -2.98. The molecule has 4 heteroatoms. The average molecular weight is 343 g/mol. The highest BCUT2D eigenvalue weighted by Crippen LogP contribution is 2.24. The second-order valence-electron chi connectivity index (χ2n) is 5.89. The molecule has 0 N–H and O–H groups in total. The topological polar surface area (TPSA) is 22.8 Å². The highest BCUT2D eigenvalue weighted by Gasteiger charge is 2.15. The van der Waals surface area contributed by atoms with Gasteiger partial charge in [-0.15, -0.1) is 5.10 Å². The molecule has 0 aliphatic carbocycles. The van der Waals surface area contributed by atoms with Crippen molar-refractivity contribution in [1.29, 1.82) is 0 Å². The van der Waals surface area contributed by atoms with Crippen LogP contribution in [0.3, 0.4) is 0 Å². The zero-order valence-corrected chi connectivity index (χ0v) is 14.6. The molecule has 0 aliphatic heterocycles. The minimum Gasteiger partial charge on any atom is -0.268 e. The lowest BCUT2D eigenvalue weighted by molar-refractivity contribution is 0.860. The smallest absolute Gasteiger partial charge is 0.207 e. The van der Waals surface area contributed by atoms with E-state index in [9.17, 15) is 0 Å². The molecule has 3 aromatic carbocycles. The molecule has 4 rings (SSSR count). The van der Waals surface area contributed by atoms with Gasteiger partial charge in [-0.1, -0.05) is 66.2 Å². The monoisotopic (exact) mass is 343 g/mol. The van der Waals surface area contributed by atoms with Crippen molar-refractivity contribution < 1.29 is 0 Å². The van der Waals surface area contributed by atoms with Gasteiger partial charge in [0.2, 0.25) is 4.77 Å². The summed E-state index contributed by atoms with van der Waals surface area (Å²) in [6.45, 7) is 2.07. The molecule has 0 bridgehead atoms. The van der Waals surface area contributed by atoms with Gasteiger partial charge >= 0.3 is 0 Å². The maximum absolute atomic E-state index is 5.77. The van der Waals surface area contributed by atoms with Crippen LogP contribution < -0.4 is 0 Å². The molecule has 4 aromatic rings. The third-order valence-corrected chi connectivity index (χ3v) is 4.46. The van der Waals surface area contributed by atoms with Crippen molar-refractivity contribution >= 4 is 12.2 Å². The first-order chi connectivity index (χ1) is 12.2. The normalized spacial score (nSPS) is 10.8. The first-order valence-corrected chi connectivity index (χ1v) is 8.55. The molecule has 0 saturated heterocycles. The molecular weight excluding hydrogens is 326 g/mol. The number of rotatable bonds is 3. The zero-order valence-electron chi connectivity index (χ0n) is 13.8. The molecule has 122 valence electrons. The van der Waals surface area contributed by atoms with Crippen molar-refractivity contribution in [2.75, 3.05) is 0 Å². The molecule has 0 aliphatic rings. The van der Waals surface area contributed by atoms with Crippen LogP contribution in [0.4, 0.5) is 0 Å². The fourth-order valence-electron chi connectivity index (χ4n) is 2.81. The van der Waals surface area contributed by atoms with Crippen molar-refractivity contribution in [3.05, 3.63) is 95.3 Å². The van der Waals surface area contributed by atoms with Gasteiger partial charge in [-0.2, -0.15) is 0 Å². The fourth-order valence-corrected chi connectivity index (χ4v) is 3.14. The Morgan fingerprint density at radius 2 is 1.32 bits per heavy atom. The van der Waals surface area contributed by atoms with Gasteiger partial charge in [0.1, 0.15) is 0 Å². The van der Waals surface area contributed by atoms with Gasteiger partial charge in [0.25, 0.3) is 0 Å². The predicted octanol–water partition coefficient (Wildman–Crippen LogP) is 5.37. The maximum atomic E-state index is 5.77. The molecule has 0 radical (unpaired) electrons. The van der Waals surface area contributed by atoms with Crippen LogP contribution in [0.2, 0.25) is 0 Å². The van der Waals surface area contributed by atoms with E-state index in [1.54, 1.807) is 0 Å². The number of nitrogens with zero attached hydrogens (tertiary/aromatic N) is 3.